The number of benzene rings is 3. The van der Waals surface area contributed by atoms with Gasteiger partial charge in [0.05, 0.1) is 12.8 Å². The van der Waals surface area contributed by atoms with Crippen LogP contribution in [0.15, 0.2) is 59.7 Å². The molecule has 3 aromatic carbocycles. The quantitative estimate of drug-likeness (QED) is 0.274. The molecule has 29 heavy (non-hydrogen) atoms. The lowest BCUT2D eigenvalue weighted by atomic mass is 10.2. The molecule has 3 rings (SSSR count). The Labute approximate surface area is 194 Å². The van der Waals surface area contributed by atoms with Gasteiger partial charge >= 0.3 is 0 Å². The Kier molecular flexibility index (Phi) is 7.93. The second-order valence-electron chi connectivity index (χ2n) is 6.00. The van der Waals surface area contributed by atoms with Crippen LogP contribution in [-0.2, 0) is 13.2 Å². The average Bonchev–Trinajstić information content (AvgIpc) is 2.67. The number of nitrogens with zero attached hydrogens (tertiary/aromatic N) is 1. The average molecular weight is 489 g/mol. The third-order valence-corrected chi connectivity index (χ3v) is 5.51. The van der Waals surface area contributed by atoms with Gasteiger partial charge in [0.1, 0.15) is 12.4 Å². The summed E-state index contributed by atoms with van der Waals surface area (Å²) in [6.45, 7) is 0.660. The number of hydrogen-bond acceptors (Lipinski definition) is 3. The smallest absolute Gasteiger partial charge is 0.128 e. The largest absolute Gasteiger partial charge is 0.488 e. The third kappa shape index (κ3) is 6.18. The third-order valence-electron chi connectivity index (χ3n) is 3.98. The fraction of sp³-hybridized carbons (Fsp3) is 0.0952. The molecule has 0 unspecified atom stereocenters. The van der Waals surface area contributed by atoms with Gasteiger partial charge in [0, 0.05) is 41.8 Å². The van der Waals surface area contributed by atoms with Crippen molar-refractivity contribution in [2.24, 2.45) is 5.10 Å². The van der Waals surface area contributed by atoms with E-state index in [4.69, 9.17) is 62.7 Å². The first-order valence-corrected chi connectivity index (χ1v) is 10.4. The van der Waals surface area contributed by atoms with E-state index in [0.717, 1.165) is 11.1 Å². The molecular weight excluding hydrogens is 474 g/mol. The molecule has 1 N–H and O–H groups in total. The zero-order chi connectivity index (χ0) is 20.8. The highest BCUT2D eigenvalue weighted by atomic mass is 35.5. The zero-order valence-electron chi connectivity index (χ0n) is 14.9. The minimum Gasteiger partial charge on any atom is -0.488 e. The maximum Gasteiger partial charge on any atom is 0.128 e. The van der Waals surface area contributed by atoms with Crippen LogP contribution >= 0.6 is 58.0 Å². The Morgan fingerprint density at radius 2 is 1.52 bits per heavy atom. The fourth-order valence-corrected chi connectivity index (χ4v) is 3.66. The van der Waals surface area contributed by atoms with E-state index in [0.29, 0.717) is 43.0 Å². The molecule has 0 aliphatic carbocycles. The first-order valence-electron chi connectivity index (χ1n) is 8.49. The van der Waals surface area contributed by atoms with Crippen molar-refractivity contribution in [2.45, 2.75) is 13.2 Å². The summed E-state index contributed by atoms with van der Waals surface area (Å²) in [5.74, 6) is 0.613. The minimum atomic E-state index is 0.279. The summed E-state index contributed by atoms with van der Waals surface area (Å²) >= 11 is 30.6. The van der Waals surface area contributed by atoms with Gasteiger partial charge in [-0.2, -0.15) is 5.10 Å². The Morgan fingerprint density at radius 1 is 0.828 bits per heavy atom. The second-order valence-corrected chi connectivity index (χ2v) is 8.09. The predicted octanol–water partition coefficient (Wildman–Crippen LogP) is 7.66. The van der Waals surface area contributed by atoms with Gasteiger partial charge in [-0.25, -0.2) is 0 Å². The standard InChI is InChI=1S/C21H15Cl5N2O/c22-15-6-7-21(29-12-13-4-5-16(23)9-20(13)26)14(8-15)10-27-28-11-17-18(24)2-1-3-19(17)25/h1-10,28H,11-12H2/b27-10-. The van der Waals surface area contributed by atoms with Crippen LogP contribution in [0.1, 0.15) is 16.7 Å². The van der Waals surface area contributed by atoms with Crippen molar-refractivity contribution in [1.29, 1.82) is 0 Å². The normalized spacial score (nSPS) is 11.1. The first-order chi connectivity index (χ1) is 13.9. The Morgan fingerprint density at radius 3 is 2.24 bits per heavy atom. The molecular formula is C21H15Cl5N2O. The van der Waals surface area contributed by atoms with E-state index in [2.05, 4.69) is 10.5 Å². The van der Waals surface area contributed by atoms with Gasteiger partial charge in [0.25, 0.3) is 0 Å². The van der Waals surface area contributed by atoms with E-state index in [1.165, 1.54) is 0 Å². The SMILES string of the molecule is Clc1ccc(COc2ccc(Cl)cc2/C=N\NCc2c(Cl)cccc2Cl)c(Cl)c1. The Hall–Kier alpha value is -1.62. The monoisotopic (exact) mass is 486 g/mol. The predicted molar refractivity (Wildman–Crippen MR) is 123 cm³/mol. The Balaban J connectivity index is 1.69. The molecule has 0 spiro atoms. The molecule has 3 aromatic rings. The van der Waals surface area contributed by atoms with E-state index in [1.54, 1.807) is 54.7 Å². The minimum absolute atomic E-state index is 0.279. The first kappa shape index (κ1) is 22.1. The highest BCUT2D eigenvalue weighted by molar-refractivity contribution is 6.36. The fourth-order valence-electron chi connectivity index (χ4n) is 2.49. The summed E-state index contributed by atoms with van der Waals surface area (Å²) in [5.41, 5.74) is 5.23. The summed E-state index contributed by atoms with van der Waals surface area (Å²) in [4.78, 5) is 0. The lowest BCUT2D eigenvalue weighted by molar-refractivity contribution is 0.306. The zero-order valence-corrected chi connectivity index (χ0v) is 18.7. The highest BCUT2D eigenvalue weighted by Crippen LogP contribution is 2.26. The molecule has 0 saturated heterocycles. The molecule has 8 heteroatoms. The van der Waals surface area contributed by atoms with Crippen molar-refractivity contribution < 1.29 is 4.74 Å². The summed E-state index contributed by atoms with van der Waals surface area (Å²) in [5, 5.41) is 7.06. The van der Waals surface area contributed by atoms with Crippen LogP contribution in [-0.4, -0.2) is 6.21 Å². The van der Waals surface area contributed by atoms with Crippen LogP contribution < -0.4 is 10.2 Å². The van der Waals surface area contributed by atoms with E-state index >= 15 is 0 Å². The molecule has 0 atom stereocenters. The number of rotatable bonds is 7. The molecule has 0 aliphatic rings. The van der Waals surface area contributed by atoms with Gasteiger partial charge in [-0.1, -0.05) is 70.1 Å². The topological polar surface area (TPSA) is 33.6 Å². The summed E-state index contributed by atoms with van der Waals surface area (Å²) in [6, 6.07) is 15.9. The Bertz CT molecular complexity index is 1020. The number of hydrazone groups is 1. The molecule has 0 fully saturated rings. The van der Waals surface area contributed by atoms with Crippen LogP contribution in [0, 0.1) is 0 Å². The number of halogens is 5. The summed E-state index contributed by atoms with van der Waals surface area (Å²) in [7, 11) is 0. The molecule has 0 radical (unpaired) electrons. The van der Waals surface area contributed by atoms with Gasteiger partial charge in [-0.05, 0) is 42.5 Å². The van der Waals surface area contributed by atoms with Crippen molar-refractivity contribution in [3.05, 3.63) is 96.4 Å². The molecule has 0 heterocycles. The van der Waals surface area contributed by atoms with E-state index in [1.807, 2.05) is 6.07 Å². The molecule has 0 saturated carbocycles. The van der Waals surface area contributed by atoms with Gasteiger partial charge < -0.3 is 10.2 Å². The van der Waals surface area contributed by atoms with Crippen molar-refractivity contribution in [3.63, 3.8) is 0 Å². The molecule has 150 valence electrons. The highest BCUT2D eigenvalue weighted by Gasteiger charge is 2.07. The van der Waals surface area contributed by atoms with Crippen LogP contribution in [0.25, 0.3) is 0 Å². The lowest BCUT2D eigenvalue weighted by Crippen LogP contribution is -2.07. The van der Waals surface area contributed by atoms with Crippen molar-refractivity contribution >= 4 is 64.2 Å². The van der Waals surface area contributed by atoms with Crippen LogP contribution in [0.2, 0.25) is 25.1 Å². The van der Waals surface area contributed by atoms with Crippen LogP contribution in [0.3, 0.4) is 0 Å². The van der Waals surface area contributed by atoms with E-state index in [9.17, 15) is 0 Å². The lowest BCUT2D eigenvalue weighted by Gasteiger charge is -2.11. The van der Waals surface area contributed by atoms with Gasteiger partial charge in [-0.15, -0.1) is 0 Å². The van der Waals surface area contributed by atoms with E-state index < -0.39 is 0 Å². The van der Waals surface area contributed by atoms with E-state index in [-0.39, 0.29) is 6.61 Å². The van der Waals surface area contributed by atoms with Crippen LogP contribution in [0.5, 0.6) is 5.75 Å². The molecule has 0 aromatic heterocycles. The van der Waals surface area contributed by atoms with Crippen molar-refractivity contribution in [3.8, 4) is 5.75 Å². The molecule has 3 nitrogen and oxygen atoms in total. The summed E-state index contributed by atoms with van der Waals surface area (Å²) < 4.78 is 5.91. The van der Waals surface area contributed by atoms with Crippen LogP contribution in [0.4, 0.5) is 0 Å². The number of ether oxygens (including phenoxy) is 1. The maximum atomic E-state index is 6.20. The number of hydrogen-bond donors (Lipinski definition) is 1. The van der Waals surface area contributed by atoms with Crippen molar-refractivity contribution in [2.75, 3.05) is 0 Å². The van der Waals surface area contributed by atoms with Gasteiger partial charge in [0.2, 0.25) is 0 Å². The molecule has 0 amide bonds. The summed E-state index contributed by atoms with van der Waals surface area (Å²) in [6.07, 6.45) is 1.62. The molecule has 0 aliphatic heterocycles. The van der Waals surface area contributed by atoms with Crippen molar-refractivity contribution in [1.82, 2.24) is 5.43 Å². The second kappa shape index (κ2) is 10.4. The number of nitrogens with one attached hydrogen (secondary N) is 1. The van der Waals surface area contributed by atoms with Gasteiger partial charge in [-0.3, -0.25) is 0 Å². The maximum absolute atomic E-state index is 6.20. The molecule has 0 bridgehead atoms. The van der Waals surface area contributed by atoms with Gasteiger partial charge in [0.15, 0.2) is 0 Å².